The molecular weight excluding hydrogens is 262 g/mol. The molecule has 0 radical (unpaired) electrons. The van der Waals surface area contributed by atoms with Crippen molar-refractivity contribution in [3.8, 4) is 0 Å². The Morgan fingerprint density at radius 1 is 1.35 bits per heavy atom. The van der Waals surface area contributed by atoms with Crippen molar-refractivity contribution in [3.05, 3.63) is 0 Å². The number of hydrogen-bond donors (Lipinski definition) is 2. The molecule has 2 heterocycles. The molecule has 0 aromatic heterocycles. The molecule has 0 aromatic rings. The summed E-state index contributed by atoms with van der Waals surface area (Å²) < 4.78 is 10.7. The molecule has 0 unspecified atom stereocenters. The number of nitrogens with zero attached hydrogens (tertiary/aromatic N) is 1. The van der Waals surface area contributed by atoms with E-state index < -0.39 is 0 Å². The van der Waals surface area contributed by atoms with Crippen molar-refractivity contribution in [2.75, 3.05) is 52.5 Å². The summed E-state index contributed by atoms with van der Waals surface area (Å²) in [5, 5.41) is 5.81. The molecule has 2 aliphatic rings. The number of carbonyl (C=O) groups is 2. The maximum Gasteiger partial charge on any atom is 0.246 e. The number of amides is 2. The lowest BCUT2D eigenvalue weighted by atomic mass is 10.0. The summed E-state index contributed by atoms with van der Waals surface area (Å²) in [6.07, 6.45) is 0.324. The Hall–Kier alpha value is -1.18. The van der Waals surface area contributed by atoms with Crippen molar-refractivity contribution < 1.29 is 19.1 Å². The first-order valence-corrected chi connectivity index (χ1v) is 7.06. The van der Waals surface area contributed by atoms with Crippen LogP contribution < -0.4 is 10.6 Å². The lowest BCUT2D eigenvalue weighted by Gasteiger charge is -2.38. The van der Waals surface area contributed by atoms with E-state index in [0.717, 1.165) is 13.1 Å². The van der Waals surface area contributed by atoms with Crippen LogP contribution in [0.25, 0.3) is 0 Å². The van der Waals surface area contributed by atoms with Crippen molar-refractivity contribution in [1.82, 2.24) is 15.5 Å². The normalized spacial score (nSPS) is 21.1. The first-order valence-electron chi connectivity index (χ1n) is 7.06. The summed E-state index contributed by atoms with van der Waals surface area (Å²) in [6.45, 7) is 6.39. The highest BCUT2D eigenvalue weighted by Gasteiger charge is 2.32. The molecule has 2 fully saturated rings. The monoisotopic (exact) mass is 285 g/mol. The van der Waals surface area contributed by atoms with Gasteiger partial charge in [-0.3, -0.25) is 9.59 Å². The minimum absolute atomic E-state index is 0.0456. The van der Waals surface area contributed by atoms with Crippen LogP contribution in [0.3, 0.4) is 0 Å². The second-order valence-corrected chi connectivity index (χ2v) is 5.44. The van der Waals surface area contributed by atoms with E-state index in [9.17, 15) is 9.59 Å². The third-order valence-corrected chi connectivity index (χ3v) is 3.57. The van der Waals surface area contributed by atoms with Crippen LogP contribution >= 0.6 is 0 Å². The summed E-state index contributed by atoms with van der Waals surface area (Å²) >= 11 is 0. The van der Waals surface area contributed by atoms with Gasteiger partial charge in [0, 0.05) is 39.1 Å². The number of nitrogens with one attached hydrogen (secondary N) is 2. The zero-order valence-electron chi connectivity index (χ0n) is 11.9. The van der Waals surface area contributed by atoms with Crippen molar-refractivity contribution >= 4 is 11.8 Å². The summed E-state index contributed by atoms with van der Waals surface area (Å²) in [5.41, 5.74) is -0.221. The van der Waals surface area contributed by atoms with Gasteiger partial charge in [0.2, 0.25) is 11.8 Å². The number of hydrogen-bond acceptors (Lipinski definition) is 5. The fourth-order valence-corrected chi connectivity index (χ4v) is 2.15. The minimum Gasteiger partial charge on any atom is -0.378 e. The number of ether oxygens (including phenoxy) is 2. The van der Waals surface area contributed by atoms with E-state index in [0.29, 0.717) is 39.3 Å². The maximum atomic E-state index is 11.8. The molecule has 0 bridgehead atoms. The van der Waals surface area contributed by atoms with Crippen molar-refractivity contribution in [2.45, 2.75) is 18.9 Å². The van der Waals surface area contributed by atoms with Crippen LogP contribution in [0.2, 0.25) is 0 Å². The molecule has 0 atom stereocenters. The third-order valence-electron chi connectivity index (χ3n) is 3.57. The molecule has 0 aliphatic carbocycles. The SMILES string of the molecule is CC1(OCC(=O)NCCC(=O)N2CCOCC2)CNC1. The van der Waals surface area contributed by atoms with E-state index in [-0.39, 0.29) is 24.0 Å². The zero-order chi connectivity index (χ0) is 14.4. The van der Waals surface area contributed by atoms with Gasteiger partial charge >= 0.3 is 0 Å². The van der Waals surface area contributed by atoms with Gasteiger partial charge in [-0.25, -0.2) is 0 Å². The van der Waals surface area contributed by atoms with Gasteiger partial charge in [0.05, 0.1) is 18.8 Å². The highest BCUT2D eigenvalue weighted by molar-refractivity contribution is 5.79. The molecule has 114 valence electrons. The zero-order valence-corrected chi connectivity index (χ0v) is 11.9. The van der Waals surface area contributed by atoms with Gasteiger partial charge < -0.3 is 25.0 Å². The van der Waals surface area contributed by atoms with Crippen molar-refractivity contribution in [2.24, 2.45) is 0 Å². The Morgan fingerprint density at radius 3 is 2.65 bits per heavy atom. The van der Waals surface area contributed by atoms with E-state index in [1.807, 2.05) is 6.92 Å². The van der Waals surface area contributed by atoms with Crippen LogP contribution in [0.4, 0.5) is 0 Å². The molecule has 0 spiro atoms. The van der Waals surface area contributed by atoms with Crippen LogP contribution in [-0.4, -0.2) is 74.9 Å². The molecule has 0 saturated carbocycles. The average molecular weight is 285 g/mol. The van der Waals surface area contributed by atoms with Gasteiger partial charge in [-0.05, 0) is 6.92 Å². The molecular formula is C13H23N3O4. The first-order chi connectivity index (χ1) is 9.59. The second-order valence-electron chi connectivity index (χ2n) is 5.44. The van der Waals surface area contributed by atoms with E-state index in [2.05, 4.69) is 10.6 Å². The number of morpholine rings is 1. The van der Waals surface area contributed by atoms with Gasteiger partial charge in [-0.15, -0.1) is 0 Å². The van der Waals surface area contributed by atoms with E-state index in [4.69, 9.17) is 9.47 Å². The van der Waals surface area contributed by atoms with E-state index in [1.54, 1.807) is 4.90 Å². The van der Waals surface area contributed by atoms with E-state index >= 15 is 0 Å². The molecule has 7 nitrogen and oxygen atoms in total. The maximum absolute atomic E-state index is 11.8. The van der Waals surface area contributed by atoms with Crippen molar-refractivity contribution in [1.29, 1.82) is 0 Å². The fraction of sp³-hybridized carbons (Fsp3) is 0.846. The lowest BCUT2D eigenvalue weighted by Crippen LogP contribution is -2.59. The van der Waals surface area contributed by atoms with Crippen molar-refractivity contribution in [3.63, 3.8) is 0 Å². The summed E-state index contributed by atoms with van der Waals surface area (Å²) in [5.74, 6) is -0.113. The first kappa shape index (κ1) is 15.2. The molecule has 2 aliphatic heterocycles. The van der Waals surface area contributed by atoms with Crippen LogP contribution in [0.1, 0.15) is 13.3 Å². The quantitative estimate of drug-likeness (QED) is 0.636. The minimum atomic E-state index is -0.221. The van der Waals surface area contributed by atoms with Gasteiger partial charge in [0.15, 0.2) is 0 Å². The number of rotatable bonds is 6. The molecule has 0 aromatic carbocycles. The highest BCUT2D eigenvalue weighted by Crippen LogP contribution is 2.14. The molecule has 7 heteroatoms. The largest absolute Gasteiger partial charge is 0.378 e. The highest BCUT2D eigenvalue weighted by atomic mass is 16.5. The standard InChI is InChI=1S/C13H23N3O4/c1-13(9-14-10-13)20-8-11(17)15-3-2-12(18)16-4-6-19-7-5-16/h14H,2-10H2,1H3,(H,15,17). The van der Waals surface area contributed by atoms with E-state index in [1.165, 1.54) is 0 Å². The molecule has 2 amide bonds. The Morgan fingerprint density at radius 2 is 2.05 bits per heavy atom. The predicted octanol–water partition coefficient (Wildman–Crippen LogP) is -1.27. The van der Waals surface area contributed by atoms with Gasteiger partial charge in [-0.2, -0.15) is 0 Å². The van der Waals surface area contributed by atoms with Gasteiger partial charge in [0.1, 0.15) is 6.61 Å². The van der Waals surface area contributed by atoms with Crippen LogP contribution in [0.5, 0.6) is 0 Å². The smallest absolute Gasteiger partial charge is 0.246 e. The Labute approximate surface area is 119 Å². The Balaban J connectivity index is 1.55. The van der Waals surface area contributed by atoms with Crippen LogP contribution in [0, 0.1) is 0 Å². The summed E-state index contributed by atoms with van der Waals surface area (Å²) in [4.78, 5) is 25.2. The Kier molecular flexibility index (Phi) is 5.33. The number of carbonyl (C=O) groups excluding carboxylic acids is 2. The van der Waals surface area contributed by atoms with Gasteiger partial charge in [0.25, 0.3) is 0 Å². The topological polar surface area (TPSA) is 79.9 Å². The fourth-order valence-electron chi connectivity index (χ4n) is 2.15. The summed E-state index contributed by atoms with van der Waals surface area (Å²) in [6, 6.07) is 0. The second kappa shape index (κ2) is 7.01. The summed E-state index contributed by atoms with van der Waals surface area (Å²) in [7, 11) is 0. The molecule has 20 heavy (non-hydrogen) atoms. The van der Waals surface area contributed by atoms with Crippen LogP contribution in [-0.2, 0) is 19.1 Å². The molecule has 2 saturated heterocycles. The Bertz CT molecular complexity index is 352. The lowest BCUT2D eigenvalue weighted by molar-refractivity contribution is -0.137. The average Bonchev–Trinajstić information content (AvgIpc) is 2.44. The van der Waals surface area contributed by atoms with Crippen LogP contribution in [0.15, 0.2) is 0 Å². The predicted molar refractivity (Wildman–Crippen MR) is 72.3 cm³/mol. The third kappa shape index (κ3) is 4.43. The molecule has 2 N–H and O–H groups in total. The van der Waals surface area contributed by atoms with Gasteiger partial charge in [-0.1, -0.05) is 0 Å². The molecule has 2 rings (SSSR count).